The van der Waals surface area contributed by atoms with E-state index in [1.54, 1.807) is 4.90 Å². The number of hydrogen-bond acceptors (Lipinski definition) is 6. The molecule has 5 amide bonds. The molecular weight excluding hydrogens is 408 g/mol. The summed E-state index contributed by atoms with van der Waals surface area (Å²) in [5.41, 5.74) is 1.29. The van der Waals surface area contributed by atoms with Gasteiger partial charge in [-0.2, -0.15) is 0 Å². The molecule has 2 fully saturated rings. The fourth-order valence-corrected chi connectivity index (χ4v) is 4.26. The summed E-state index contributed by atoms with van der Waals surface area (Å²) < 4.78 is 5.95. The number of likely N-dealkylation sites (N-methyl/N-ethyl adjacent to an activating group) is 1. The molecular formula is C17H21ClN4O5S. The molecule has 11 heteroatoms. The van der Waals surface area contributed by atoms with Crippen molar-refractivity contribution >= 4 is 46.7 Å². The van der Waals surface area contributed by atoms with E-state index in [0.29, 0.717) is 23.1 Å². The van der Waals surface area contributed by atoms with Crippen LogP contribution in [0, 0.1) is 6.92 Å². The Bertz CT molecular complexity index is 794. The first kappa shape index (κ1) is 20.6. The molecule has 1 N–H and O–H groups in total. The molecule has 1 unspecified atom stereocenters. The van der Waals surface area contributed by atoms with Gasteiger partial charge in [0.1, 0.15) is 17.4 Å². The van der Waals surface area contributed by atoms with Crippen molar-refractivity contribution in [1.82, 2.24) is 20.0 Å². The maximum absolute atomic E-state index is 12.9. The standard InChI is InChI=1S/C17H21ClN4O5S/c1-10-9-28-15(18)14(10)16(25)21-3-4-27-8-11(5-21)19-12(23)6-22-7-13(24)20(2)17(22)26/h9,11H,3-8H2,1-2H3,(H,19,23). The first-order valence-electron chi connectivity index (χ1n) is 8.73. The number of carbonyl (C=O) groups excluding carboxylic acids is 4. The third kappa shape index (κ3) is 4.29. The highest BCUT2D eigenvalue weighted by molar-refractivity contribution is 7.15. The minimum absolute atomic E-state index is 0.121. The van der Waals surface area contributed by atoms with Crippen LogP contribution in [0.3, 0.4) is 0 Å². The van der Waals surface area contributed by atoms with Crippen molar-refractivity contribution in [2.24, 2.45) is 0 Å². The molecule has 2 aliphatic heterocycles. The zero-order valence-corrected chi connectivity index (χ0v) is 17.1. The quantitative estimate of drug-likeness (QED) is 0.706. The predicted octanol–water partition coefficient (Wildman–Crippen LogP) is 0.561. The Kier molecular flexibility index (Phi) is 6.21. The normalized spacial score (nSPS) is 20.5. The molecule has 28 heavy (non-hydrogen) atoms. The van der Waals surface area contributed by atoms with E-state index in [-0.39, 0.29) is 38.1 Å². The van der Waals surface area contributed by atoms with E-state index < -0.39 is 18.0 Å². The van der Waals surface area contributed by atoms with Gasteiger partial charge < -0.3 is 19.9 Å². The van der Waals surface area contributed by atoms with Crippen molar-refractivity contribution in [1.29, 1.82) is 0 Å². The van der Waals surface area contributed by atoms with Crippen LogP contribution < -0.4 is 5.32 Å². The minimum Gasteiger partial charge on any atom is -0.377 e. The van der Waals surface area contributed by atoms with Gasteiger partial charge in [-0.3, -0.25) is 19.3 Å². The van der Waals surface area contributed by atoms with E-state index in [2.05, 4.69) is 5.32 Å². The van der Waals surface area contributed by atoms with Crippen molar-refractivity contribution in [3.63, 3.8) is 0 Å². The van der Waals surface area contributed by atoms with Crippen LogP contribution in [0.25, 0.3) is 0 Å². The Hall–Kier alpha value is -2.17. The van der Waals surface area contributed by atoms with Crippen LogP contribution in [0.2, 0.25) is 4.34 Å². The van der Waals surface area contributed by atoms with Crippen LogP contribution in [-0.4, -0.2) is 90.9 Å². The van der Waals surface area contributed by atoms with Gasteiger partial charge in [-0.05, 0) is 17.9 Å². The van der Waals surface area contributed by atoms with Crippen LogP contribution in [0.5, 0.6) is 0 Å². The summed E-state index contributed by atoms with van der Waals surface area (Å²) in [7, 11) is 1.38. The Morgan fingerprint density at radius 3 is 2.75 bits per heavy atom. The van der Waals surface area contributed by atoms with Crippen LogP contribution >= 0.6 is 22.9 Å². The highest BCUT2D eigenvalue weighted by atomic mass is 35.5. The van der Waals surface area contributed by atoms with Crippen LogP contribution in [0.4, 0.5) is 4.79 Å². The number of rotatable bonds is 4. The maximum atomic E-state index is 12.9. The summed E-state index contributed by atoms with van der Waals surface area (Å²) in [6, 6.07) is -0.931. The molecule has 152 valence electrons. The maximum Gasteiger partial charge on any atom is 0.327 e. The molecule has 0 radical (unpaired) electrons. The van der Waals surface area contributed by atoms with Crippen LogP contribution in [0.1, 0.15) is 15.9 Å². The van der Waals surface area contributed by atoms with Gasteiger partial charge in [0.05, 0.1) is 24.8 Å². The first-order valence-corrected chi connectivity index (χ1v) is 9.99. The second-order valence-electron chi connectivity index (χ2n) is 6.75. The summed E-state index contributed by atoms with van der Waals surface area (Å²) in [5, 5.41) is 4.61. The molecule has 0 aromatic carbocycles. The number of thiophene rings is 1. The van der Waals surface area contributed by atoms with Gasteiger partial charge in [0, 0.05) is 20.1 Å². The lowest BCUT2D eigenvalue weighted by atomic mass is 10.2. The fourth-order valence-electron chi connectivity index (χ4n) is 3.13. The molecule has 3 heterocycles. The monoisotopic (exact) mass is 428 g/mol. The Morgan fingerprint density at radius 1 is 1.39 bits per heavy atom. The number of ether oxygens (including phenoxy) is 1. The number of urea groups is 1. The number of hydrogen-bond donors (Lipinski definition) is 1. The predicted molar refractivity (Wildman–Crippen MR) is 102 cm³/mol. The van der Waals surface area contributed by atoms with Gasteiger partial charge in [0.2, 0.25) is 11.8 Å². The van der Waals surface area contributed by atoms with E-state index in [1.165, 1.54) is 23.3 Å². The number of nitrogens with zero attached hydrogens (tertiary/aromatic N) is 3. The molecule has 9 nitrogen and oxygen atoms in total. The lowest BCUT2D eigenvalue weighted by Gasteiger charge is -2.25. The van der Waals surface area contributed by atoms with E-state index >= 15 is 0 Å². The molecule has 1 atom stereocenters. The average molecular weight is 429 g/mol. The third-order valence-electron chi connectivity index (χ3n) is 4.65. The van der Waals surface area contributed by atoms with Crippen molar-refractivity contribution in [2.45, 2.75) is 13.0 Å². The van der Waals surface area contributed by atoms with Crippen molar-refractivity contribution in [3.8, 4) is 0 Å². The van der Waals surface area contributed by atoms with Gasteiger partial charge in [-0.1, -0.05) is 11.6 Å². The summed E-state index contributed by atoms with van der Waals surface area (Å²) in [6.45, 7) is 2.74. The number of amides is 5. The van der Waals surface area contributed by atoms with Crippen LogP contribution in [0.15, 0.2) is 5.38 Å². The minimum atomic E-state index is -0.503. The summed E-state index contributed by atoms with van der Waals surface area (Å²) in [5.74, 6) is -0.963. The van der Waals surface area contributed by atoms with Crippen molar-refractivity contribution < 1.29 is 23.9 Å². The number of nitrogens with one attached hydrogen (secondary N) is 1. The Morgan fingerprint density at radius 2 is 2.14 bits per heavy atom. The third-order valence-corrected chi connectivity index (χ3v) is 5.99. The SMILES string of the molecule is Cc1csc(Cl)c1C(=O)N1CCOCC(NC(=O)CN2CC(=O)N(C)C2=O)C1. The van der Waals surface area contributed by atoms with Crippen molar-refractivity contribution in [3.05, 3.63) is 20.8 Å². The van der Waals surface area contributed by atoms with Crippen LogP contribution in [-0.2, 0) is 14.3 Å². The number of imide groups is 1. The van der Waals surface area contributed by atoms with Crippen molar-refractivity contribution in [2.75, 3.05) is 46.4 Å². The van der Waals surface area contributed by atoms with Gasteiger partial charge in [-0.15, -0.1) is 11.3 Å². The zero-order valence-electron chi connectivity index (χ0n) is 15.6. The average Bonchev–Trinajstić information content (AvgIpc) is 2.98. The lowest BCUT2D eigenvalue weighted by Crippen LogP contribution is -2.49. The largest absolute Gasteiger partial charge is 0.377 e. The summed E-state index contributed by atoms with van der Waals surface area (Å²) >= 11 is 7.46. The summed E-state index contributed by atoms with van der Waals surface area (Å²) in [6.07, 6.45) is 0. The highest BCUT2D eigenvalue weighted by Gasteiger charge is 2.34. The number of halogens is 1. The van der Waals surface area contributed by atoms with E-state index in [4.69, 9.17) is 16.3 Å². The highest BCUT2D eigenvalue weighted by Crippen LogP contribution is 2.28. The van der Waals surface area contributed by atoms with Gasteiger partial charge in [-0.25, -0.2) is 4.79 Å². The second kappa shape index (κ2) is 8.46. The lowest BCUT2D eigenvalue weighted by molar-refractivity contribution is -0.124. The van der Waals surface area contributed by atoms with Gasteiger partial charge in [0.25, 0.3) is 5.91 Å². The van der Waals surface area contributed by atoms with Gasteiger partial charge >= 0.3 is 6.03 Å². The topological polar surface area (TPSA) is 99.3 Å². The fraction of sp³-hybridized carbons (Fsp3) is 0.529. The first-order chi connectivity index (χ1) is 13.3. The van der Waals surface area contributed by atoms with E-state index in [9.17, 15) is 19.2 Å². The summed E-state index contributed by atoms with van der Waals surface area (Å²) in [4.78, 5) is 52.4. The smallest absolute Gasteiger partial charge is 0.327 e. The zero-order chi connectivity index (χ0) is 20.4. The van der Waals surface area contributed by atoms with E-state index in [0.717, 1.165) is 10.5 Å². The molecule has 0 aliphatic carbocycles. The Balaban J connectivity index is 1.61. The van der Waals surface area contributed by atoms with Gasteiger partial charge in [0.15, 0.2) is 0 Å². The molecule has 0 bridgehead atoms. The molecule has 1 aromatic heterocycles. The second-order valence-corrected chi connectivity index (χ2v) is 8.23. The molecule has 0 spiro atoms. The molecule has 3 rings (SSSR count). The number of carbonyl (C=O) groups is 4. The number of aryl methyl sites for hydroxylation is 1. The Labute approximate surface area is 171 Å². The molecule has 0 saturated carbocycles. The molecule has 1 aromatic rings. The molecule has 2 saturated heterocycles. The molecule has 2 aliphatic rings. The van der Waals surface area contributed by atoms with E-state index in [1.807, 2.05) is 12.3 Å².